The second-order valence-corrected chi connectivity index (χ2v) is 9.30. The van der Waals surface area contributed by atoms with E-state index in [0.717, 1.165) is 17.9 Å². The van der Waals surface area contributed by atoms with Crippen LogP contribution in [0.2, 0.25) is 0 Å². The van der Waals surface area contributed by atoms with Gasteiger partial charge in [-0.25, -0.2) is 0 Å². The lowest BCUT2D eigenvalue weighted by Crippen LogP contribution is -2.42. The molecule has 2 fully saturated rings. The molecule has 0 aliphatic carbocycles. The van der Waals surface area contributed by atoms with Gasteiger partial charge < -0.3 is 9.80 Å². The molecule has 0 unspecified atom stereocenters. The fourth-order valence-electron chi connectivity index (χ4n) is 3.73. The summed E-state index contributed by atoms with van der Waals surface area (Å²) >= 11 is 4.45. The van der Waals surface area contributed by atoms with E-state index in [1.165, 1.54) is 52.0 Å². The lowest BCUT2D eigenvalue weighted by Gasteiger charge is -2.40. The number of piperidine rings is 1. The van der Waals surface area contributed by atoms with Crippen molar-refractivity contribution in [2.75, 3.05) is 32.7 Å². The molecule has 20 heavy (non-hydrogen) atoms. The van der Waals surface area contributed by atoms with Crippen LogP contribution in [-0.2, 0) is 0 Å². The first-order valence-electron chi connectivity index (χ1n) is 8.21. The first kappa shape index (κ1) is 17.0. The standard InChI is InChI=1S/C16H32N2S2/c1-13(2)18-10-5-14(12-18)11-17-8-6-15(7-9-17)16(3,4)20-19/h13-15,19H,5-12H2,1-4H3/t14-/m0/s1. The molecule has 0 radical (unpaired) electrons. The van der Waals surface area contributed by atoms with Gasteiger partial charge >= 0.3 is 0 Å². The maximum Gasteiger partial charge on any atom is 0.0234 e. The van der Waals surface area contributed by atoms with Crippen molar-refractivity contribution in [2.45, 2.75) is 57.7 Å². The fraction of sp³-hybridized carbons (Fsp3) is 1.00. The molecule has 2 aliphatic rings. The van der Waals surface area contributed by atoms with Gasteiger partial charge in [-0.05, 0) is 78.4 Å². The number of hydrogen-bond donors (Lipinski definition) is 1. The lowest BCUT2D eigenvalue weighted by atomic mass is 9.85. The molecule has 0 aromatic carbocycles. The highest BCUT2D eigenvalue weighted by Crippen LogP contribution is 2.40. The maximum absolute atomic E-state index is 4.45. The molecule has 2 rings (SSSR count). The summed E-state index contributed by atoms with van der Waals surface area (Å²) in [5.41, 5.74) is 0. The van der Waals surface area contributed by atoms with Gasteiger partial charge in [0.15, 0.2) is 0 Å². The Kier molecular flexibility index (Phi) is 6.16. The Bertz CT molecular complexity index is 299. The summed E-state index contributed by atoms with van der Waals surface area (Å²) in [6, 6.07) is 0.721. The van der Waals surface area contributed by atoms with Gasteiger partial charge in [0.2, 0.25) is 0 Å². The van der Waals surface area contributed by atoms with E-state index < -0.39 is 0 Å². The predicted molar refractivity (Wildman–Crippen MR) is 94.6 cm³/mol. The van der Waals surface area contributed by atoms with E-state index >= 15 is 0 Å². The van der Waals surface area contributed by atoms with E-state index in [9.17, 15) is 0 Å². The van der Waals surface area contributed by atoms with E-state index in [2.05, 4.69) is 49.2 Å². The first-order chi connectivity index (χ1) is 9.42. The Morgan fingerprint density at radius 2 is 1.80 bits per heavy atom. The van der Waals surface area contributed by atoms with E-state index in [-0.39, 0.29) is 0 Å². The maximum atomic E-state index is 4.45. The summed E-state index contributed by atoms with van der Waals surface area (Å²) in [6.07, 6.45) is 4.10. The van der Waals surface area contributed by atoms with Crippen molar-refractivity contribution in [3.8, 4) is 0 Å². The van der Waals surface area contributed by atoms with Crippen LogP contribution in [0.1, 0.15) is 47.0 Å². The van der Waals surface area contributed by atoms with E-state index in [1.54, 1.807) is 10.8 Å². The topological polar surface area (TPSA) is 6.48 Å². The summed E-state index contributed by atoms with van der Waals surface area (Å²) in [5.74, 6) is 1.73. The largest absolute Gasteiger partial charge is 0.303 e. The minimum Gasteiger partial charge on any atom is -0.303 e. The molecule has 0 aromatic rings. The first-order valence-corrected chi connectivity index (χ1v) is 10.1. The van der Waals surface area contributed by atoms with Gasteiger partial charge in [0.05, 0.1) is 0 Å². The van der Waals surface area contributed by atoms with Crippen LogP contribution in [0.5, 0.6) is 0 Å². The Labute approximate surface area is 134 Å². The quantitative estimate of drug-likeness (QED) is 0.609. The summed E-state index contributed by atoms with van der Waals surface area (Å²) in [6.45, 7) is 15.9. The van der Waals surface area contributed by atoms with Crippen molar-refractivity contribution in [3.63, 3.8) is 0 Å². The molecule has 0 bridgehead atoms. The van der Waals surface area contributed by atoms with Gasteiger partial charge in [0, 0.05) is 23.9 Å². The van der Waals surface area contributed by atoms with E-state index in [4.69, 9.17) is 0 Å². The highest BCUT2D eigenvalue weighted by Gasteiger charge is 2.33. The van der Waals surface area contributed by atoms with Crippen molar-refractivity contribution < 1.29 is 0 Å². The van der Waals surface area contributed by atoms with Crippen molar-refractivity contribution in [2.24, 2.45) is 11.8 Å². The summed E-state index contributed by atoms with van der Waals surface area (Å²) in [4.78, 5) is 5.35. The molecule has 0 aromatic heterocycles. The molecule has 0 N–H and O–H groups in total. The van der Waals surface area contributed by atoms with Gasteiger partial charge in [0.25, 0.3) is 0 Å². The van der Waals surface area contributed by atoms with Crippen LogP contribution < -0.4 is 0 Å². The number of nitrogens with zero attached hydrogens (tertiary/aromatic N) is 2. The van der Waals surface area contributed by atoms with Crippen LogP contribution in [0.25, 0.3) is 0 Å². The molecule has 1 atom stereocenters. The third-order valence-electron chi connectivity index (χ3n) is 5.37. The minimum absolute atomic E-state index is 0.330. The number of hydrogen-bond acceptors (Lipinski definition) is 4. The molecule has 0 spiro atoms. The smallest absolute Gasteiger partial charge is 0.0234 e. The zero-order valence-corrected chi connectivity index (χ0v) is 15.3. The Hall–Kier alpha value is 0.620. The van der Waals surface area contributed by atoms with Crippen molar-refractivity contribution in [3.05, 3.63) is 0 Å². The van der Waals surface area contributed by atoms with Crippen molar-refractivity contribution in [1.29, 1.82) is 0 Å². The molecular weight excluding hydrogens is 284 g/mol. The van der Waals surface area contributed by atoms with Gasteiger partial charge in [-0.15, -0.1) is 11.7 Å². The van der Waals surface area contributed by atoms with E-state index in [0.29, 0.717) is 4.75 Å². The second-order valence-electron chi connectivity index (χ2n) is 7.51. The normalized spacial score (nSPS) is 27.6. The summed E-state index contributed by atoms with van der Waals surface area (Å²) in [7, 11) is 1.74. The SMILES string of the molecule is CC(C)N1CC[C@@H](CN2CCC(C(C)(C)SS)CC2)C1. The van der Waals surface area contributed by atoms with Crippen LogP contribution >= 0.6 is 22.5 Å². The molecule has 2 nitrogen and oxygen atoms in total. The molecule has 0 saturated carbocycles. The van der Waals surface area contributed by atoms with Gasteiger partial charge in [-0.2, -0.15) is 0 Å². The van der Waals surface area contributed by atoms with Crippen LogP contribution in [0.15, 0.2) is 0 Å². The predicted octanol–water partition coefficient (Wildman–Crippen LogP) is 3.79. The molecule has 2 saturated heterocycles. The second kappa shape index (κ2) is 7.26. The fourth-order valence-corrected chi connectivity index (χ4v) is 4.56. The molecule has 118 valence electrons. The van der Waals surface area contributed by atoms with Gasteiger partial charge in [0.1, 0.15) is 0 Å². The van der Waals surface area contributed by atoms with Crippen LogP contribution in [0.4, 0.5) is 0 Å². The molecular formula is C16H32N2S2. The minimum atomic E-state index is 0.330. The van der Waals surface area contributed by atoms with Crippen molar-refractivity contribution in [1.82, 2.24) is 9.80 Å². The third kappa shape index (κ3) is 4.31. The molecule has 2 heterocycles. The molecule has 4 heteroatoms. The van der Waals surface area contributed by atoms with E-state index in [1.807, 2.05) is 0 Å². The van der Waals surface area contributed by atoms with Gasteiger partial charge in [-0.1, -0.05) is 10.8 Å². The number of rotatable bonds is 5. The molecule has 0 amide bonds. The van der Waals surface area contributed by atoms with Crippen LogP contribution in [0.3, 0.4) is 0 Å². The monoisotopic (exact) mass is 316 g/mol. The Morgan fingerprint density at radius 1 is 1.15 bits per heavy atom. The zero-order valence-electron chi connectivity index (χ0n) is 13.6. The zero-order chi connectivity index (χ0) is 14.8. The van der Waals surface area contributed by atoms with Gasteiger partial charge in [-0.3, -0.25) is 0 Å². The highest BCUT2D eigenvalue weighted by molar-refractivity contribution is 8.69. The summed E-state index contributed by atoms with van der Waals surface area (Å²) < 4.78 is 0.330. The number of likely N-dealkylation sites (tertiary alicyclic amines) is 2. The van der Waals surface area contributed by atoms with Crippen LogP contribution in [-0.4, -0.2) is 53.3 Å². The molecule has 2 aliphatic heterocycles. The average molecular weight is 317 g/mol. The lowest BCUT2D eigenvalue weighted by molar-refractivity contribution is 0.145. The van der Waals surface area contributed by atoms with Crippen LogP contribution in [0, 0.1) is 11.8 Å². The highest BCUT2D eigenvalue weighted by atomic mass is 33.1. The van der Waals surface area contributed by atoms with Crippen molar-refractivity contribution >= 4 is 22.5 Å². The Balaban J connectivity index is 1.73. The summed E-state index contributed by atoms with van der Waals surface area (Å²) in [5, 5.41) is 0. The number of thiol groups is 1. The third-order valence-corrected chi connectivity index (χ3v) is 7.59. The average Bonchev–Trinajstić information content (AvgIpc) is 2.88. The Morgan fingerprint density at radius 3 is 2.30 bits per heavy atom.